The van der Waals surface area contributed by atoms with Crippen molar-refractivity contribution in [2.75, 3.05) is 11.9 Å². The Balaban J connectivity index is 1.61. The van der Waals surface area contributed by atoms with Crippen LogP contribution >= 0.6 is 11.3 Å². The number of para-hydroxylation sites is 1. The number of hydrogen-bond acceptors (Lipinski definition) is 5. The van der Waals surface area contributed by atoms with Gasteiger partial charge in [0, 0.05) is 40.4 Å². The number of alkyl halides is 1. The summed E-state index contributed by atoms with van der Waals surface area (Å²) in [5.41, 5.74) is 0.860. The highest BCUT2D eigenvalue weighted by molar-refractivity contribution is 7.17. The maximum Gasteiger partial charge on any atom is 0.365 e. The summed E-state index contributed by atoms with van der Waals surface area (Å²) in [5, 5.41) is 13.1. The molecule has 2 aromatic carbocycles. The Bertz CT molecular complexity index is 1440. The third-order valence-electron chi connectivity index (χ3n) is 6.38. The van der Waals surface area contributed by atoms with E-state index in [1.807, 2.05) is 36.1 Å². The molecule has 1 aliphatic heterocycles. The van der Waals surface area contributed by atoms with Crippen molar-refractivity contribution < 1.29 is 23.1 Å². The van der Waals surface area contributed by atoms with Gasteiger partial charge < -0.3 is 15.4 Å². The van der Waals surface area contributed by atoms with Gasteiger partial charge in [0.25, 0.3) is 0 Å². The fraction of sp³-hybridized carbons (Fsp3) is 0.308. The Kier molecular flexibility index (Phi) is 6.04. The van der Waals surface area contributed by atoms with Crippen LogP contribution in [0.1, 0.15) is 53.4 Å². The number of aromatic amines is 1. The zero-order valence-electron chi connectivity index (χ0n) is 19.9. The molecule has 0 fully saturated rings. The summed E-state index contributed by atoms with van der Waals surface area (Å²) < 4.78 is 46.3. The Morgan fingerprint density at radius 1 is 1.28 bits per heavy atom. The van der Waals surface area contributed by atoms with Gasteiger partial charge in [0.05, 0.1) is 12.2 Å². The molecule has 4 aromatic rings. The van der Waals surface area contributed by atoms with E-state index < -0.39 is 29.3 Å². The Morgan fingerprint density at radius 2 is 1.97 bits per heavy atom. The number of fused-ring (bicyclic) bond motifs is 3. The highest BCUT2D eigenvalue weighted by atomic mass is 32.1. The lowest BCUT2D eigenvalue weighted by Crippen LogP contribution is -2.48. The molecule has 6 nitrogen and oxygen atoms in total. The Labute approximate surface area is 209 Å². The molecule has 5 rings (SSSR count). The van der Waals surface area contributed by atoms with E-state index in [1.165, 1.54) is 32.2 Å². The predicted molar refractivity (Wildman–Crippen MR) is 134 cm³/mol. The van der Waals surface area contributed by atoms with Crippen LogP contribution in [0.5, 0.6) is 0 Å². The van der Waals surface area contributed by atoms with Gasteiger partial charge in [0.2, 0.25) is 5.01 Å². The molecule has 0 spiro atoms. The van der Waals surface area contributed by atoms with Crippen molar-refractivity contribution >= 4 is 38.9 Å². The molecule has 3 heterocycles. The summed E-state index contributed by atoms with van der Waals surface area (Å²) in [7, 11) is 0. The number of nitrogens with zero attached hydrogens (tertiary/aromatic N) is 2. The standard InChI is InChI=1S/C26H25F3N4O2S/c1-13-8-16-15-6-4-5-7-19(15)32-22(16)23(33(13)12-26(2,3)29)21-17(27)9-14(10-18(21)28)31-20-11-30-24(36-20)25(34)35/h4-7,9-11,13,23,31-32H,8,12H2,1-3H3,(H,34,35)/t13-,23-/m1/s1. The number of thiazole rings is 1. The molecule has 0 unspecified atom stereocenters. The number of aromatic nitrogens is 2. The zero-order valence-corrected chi connectivity index (χ0v) is 20.7. The van der Waals surface area contributed by atoms with Gasteiger partial charge in [0.1, 0.15) is 22.3 Å². The van der Waals surface area contributed by atoms with Crippen LogP contribution in [0, 0.1) is 11.6 Å². The first kappa shape index (κ1) is 24.3. The maximum atomic E-state index is 15.7. The van der Waals surface area contributed by atoms with E-state index >= 15 is 8.78 Å². The number of carbonyl (C=O) groups is 1. The van der Waals surface area contributed by atoms with E-state index in [0.29, 0.717) is 17.1 Å². The van der Waals surface area contributed by atoms with Crippen LogP contribution in [-0.2, 0) is 6.42 Å². The van der Waals surface area contributed by atoms with E-state index in [9.17, 15) is 9.18 Å². The molecule has 2 atom stereocenters. The molecular weight excluding hydrogens is 489 g/mol. The summed E-state index contributed by atoms with van der Waals surface area (Å²) in [4.78, 5) is 20.0. The van der Waals surface area contributed by atoms with Gasteiger partial charge in [-0.2, -0.15) is 0 Å². The second-order valence-electron chi connectivity index (χ2n) is 9.72. The van der Waals surface area contributed by atoms with Gasteiger partial charge in [0.15, 0.2) is 0 Å². The minimum Gasteiger partial charge on any atom is -0.476 e. The topological polar surface area (TPSA) is 81.2 Å². The highest BCUT2D eigenvalue weighted by Gasteiger charge is 2.41. The number of benzene rings is 2. The van der Waals surface area contributed by atoms with Crippen molar-refractivity contribution in [1.29, 1.82) is 0 Å². The average molecular weight is 515 g/mol. The van der Waals surface area contributed by atoms with Gasteiger partial charge in [-0.05, 0) is 51.0 Å². The average Bonchev–Trinajstić information content (AvgIpc) is 3.39. The number of H-pyrrole nitrogens is 1. The fourth-order valence-electron chi connectivity index (χ4n) is 4.99. The minimum absolute atomic E-state index is 0.00858. The third kappa shape index (κ3) is 4.46. The van der Waals surface area contributed by atoms with Crippen molar-refractivity contribution in [3.8, 4) is 0 Å². The van der Waals surface area contributed by atoms with Crippen molar-refractivity contribution in [3.63, 3.8) is 0 Å². The first-order chi connectivity index (χ1) is 17.0. The van der Waals surface area contributed by atoms with Gasteiger partial charge in [-0.15, -0.1) is 0 Å². The highest BCUT2D eigenvalue weighted by Crippen LogP contribution is 2.43. The number of rotatable bonds is 6. The van der Waals surface area contributed by atoms with Crippen LogP contribution in [0.4, 0.5) is 23.9 Å². The molecule has 36 heavy (non-hydrogen) atoms. The second-order valence-corrected chi connectivity index (χ2v) is 10.8. The van der Waals surface area contributed by atoms with Gasteiger partial charge >= 0.3 is 5.97 Å². The quantitative estimate of drug-likeness (QED) is 0.276. The van der Waals surface area contributed by atoms with Crippen molar-refractivity contribution in [3.05, 3.63) is 76.1 Å². The van der Waals surface area contributed by atoms with E-state index in [2.05, 4.69) is 15.3 Å². The summed E-state index contributed by atoms with van der Waals surface area (Å²) >= 11 is 0.858. The molecule has 0 amide bonds. The van der Waals surface area contributed by atoms with Crippen molar-refractivity contribution in [2.24, 2.45) is 0 Å². The third-order valence-corrected chi connectivity index (χ3v) is 7.29. The molecule has 0 radical (unpaired) electrons. The Morgan fingerprint density at radius 3 is 2.61 bits per heavy atom. The molecule has 0 aliphatic carbocycles. The predicted octanol–water partition coefficient (Wildman–Crippen LogP) is 6.43. The molecule has 0 bridgehead atoms. The number of nitrogens with one attached hydrogen (secondary N) is 2. The molecule has 2 aromatic heterocycles. The molecular formula is C26H25F3N4O2S. The van der Waals surface area contributed by atoms with Crippen LogP contribution in [0.25, 0.3) is 10.9 Å². The maximum absolute atomic E-state index is 15.7. The van der Waals surface area contributed by atoms with Gasteiger partial charge in [-0.1, -0.05) is 29.5 Å². The lowest BCUT2D eigenvalue weighted by atomic mass is 9.87. The molecule has 3 N–H and O–H groups in total. The number of hydrogen-bond donors (Lipinski definition) is 3. The fourth-order valence-corrected chi connectivity index (χ4v) is 5.66. The molecule has 10 heteroatoms. The van der Waals surface area contributed by atoms with Gasteiger partial charge in [-0.3, -0.25) is 4.90 Å². The van der Waals surface area contributed by atoms with Crippen LogP contribution in [0.15, 0.2) is 42.6 Å². The second kappa shape index (κ2) is 8.94. The van der Waals surface area contributed by atoms with E-state index in [1.54, 1.807) is 0 Å². The van der Waals surface area contributed by atoms with Crippen LogP contribution in [0.2, 0.25) is 0 Å². The number of carboxylic acid groups (broad SMARTS) is 1. The number of anilines is 2. The van der Waals surface area contributed by atoms with Crippen LogP contribution in [-0.4, -0.2) is 44.2 Å². The molecule has 188 valence electrons. The summed E-state index contributed by atoms with van der Waals surface area (Å²) in [6, 6.07) is 9.01. The van der Waals surface area contributed by atoms with E-state index in [0.717, 1.165) is 27.8 Å². The Hall–Kier alpha value is -3.37. The van der Waals surface area contributed by atoms with E-state index in [4.69, 9.17) is 5.11 Å². The summed E-state index contributed by atoms with van der Waals surface area (Å²) in [5.74, 6) is -2.76. The smallest absolute Gasteiger partial charge is 0.365 e. The lowest BCUT2D eigenvalue weighted by molar-refractivity contribution is 0.0643. The first-order valence-corrected chi connectivity index (χ1v) is 12.3. The number of carboxylic acids is 1. The lowest BCUT2D eigenvalue weighted by Gasteiger charge is -2.43. The number of halogens is 3. The van der Waals surface area contributed by atoms with E-state index in [-0.39, 0.29) is 28.8 Å². The van der Waals surface area contributed by atoms with Crippen molar-refractivity contribution in [1.82, 2.24) is 14.9 Å². The van der Waals surface area contributed by atoms with Crippen LogP contribution in [0.3, 0.4) is 0 Å². The largest absolute Gasteiger partial charge is 0.476 e. The van der Waals surface area contributed by atoms with Crippen LogP contribution < -0.4 is 5.32 Å². The monoisotopic (exact) mass is 514 g/mol. The van der Waals surface area contributed by atoms with Crippen molar-refractivity contribution in [2.45, 2.75) is 44.9 Å². The zero-order chi connectivity index (χ0) is 25.8. The first-order valence-electron chi connectivity index (χ1n) is 11.5. The normalized spacial score (nSPS) is 18.4. The molecule has 1 aliphatic rings. The van der Waals surface area contributed by atoms with Gasteiger partial charge in [-0.25, -0.2) is 22.9 Å². The minimum atomic E-state index is -1.58. The summed E-state index contributed by atoms with van der Waals surface area (Å²) in [6.45, 7) is 4.85. The molecule has 0 saturated heterocycles. The SMILES string of the molecule is C[C@@H]1Cc2c([nH]c3ccccc23)[C@@H](c2c(F)cc(Nc3cnc(C(=O)O)s3)cc2F)N1CC(C)(C)F. The summed E-state index contributed by atoms with van der Waals surface area (Å²) in [6.07, 6.45) is 1.91. The number of aromatic carboxylic acids is 1. The molecule has 0 saturated carbocycles.